The number of unbranched alkanes of at least 4 members (excludes halogenated alkanes) is 1. The Kier molecular flexibility index (Phi) is 15.2. The smallest absolute Gasteiger partial charge is 0.191 e. The summed E-state index contributed by atoms with van der Waals surface area (Å²) in [6.45, 7) is 5.96. The van der Waals surface area contributed by atoms with Crippen LogP contribution in [0.2, 0.25) is 0 Å². The second-order valence-electron chi connectivity index (χ2n) is 3.93. The van der Waals surface area contributed by atoms with Crippen molar-refractivity contribution in [1.82, 2.24) is 10.6 Å². The van der Waals surface area contributed by atoms with Crippen molar-refractivity contribution in [2.45, 2.75) is 39.5 Å². The van der Waals surface area contributed by atoms with E-state index in [1.807, 2.05) is 0 Å². The van der Waals surface area contributed by atoms with Gasteiger partial charge in [-0.15, -0.1) is 30.4 Å². The molecule has 0 saturated heterocycles. The molecule has 0 aromatic carbocycles. The monoisotopic (exact) mass is 351 g/mol. The maximum atomic E-state index is 5.18. The Morgan fingerprint density at radius 1 is 1.35 bits per heavy atom. The molecule has 1 atom stereocenters. The number of rotatable bonds is 7. The molecule has 17 heavy (non-hydrogen) atoms. The van der Waals surface area contributed by atoms with Crippen LogP contribution in [0.3, 0.4) is 0 Å². The molecule has 0 aliphatic rings. The van der Waals surface area contributed by atoms with E-state index in [-0.39, 0.29) is 24.0 Å². The summed E-state index contributed by atoms with van der Waals surface area (Å²) in [5.41, 5.74) is 0. The average molecular weight is 351 g/mol. The lowest BCUT2D eigenvalue weighted by Crippen LogP contribution is -2.39. The summed E-state index contributed by atoms with van der Waals surface area (Å²) < 4.78 is 0. The van der Waals surface area contributed by atoms with Gasteiger partial charge in [-0.3, -0.25) is 4.99 Å². The molecule has 0 aliphatic heterocycles. The summed E-state index contributed by atoms with van der Waals surface area (Å²) in [5.74, 6) is 4.06. The van der Waals surface area contributed by atoms with Gasteiger partial charge >= 0.3 is 0 Å². The molecule has 0 aliphatic carbocycles. The van der Waals surface area contributed by atoms with E-state index in [9.17, 15) is 0 Å². The summed E-state index contributed by atoms with van der Waals surface area (Å²) in [7, 11) is 1.76. The highest BCUT2D eigenvalue weighted by molar-refractivity contribution is 14.0. The number of hydrogen-bond acceptors (Lipinski definition) is 1. The first-order chi connectivity index (χ1) is 7.78. The van der Waals surface area contributed by atoms with Crippen molar-refractivity contribution in [3.63, 3.8) is 0 Å². The van der Waals surface area contributed by atoms with E-state index in [0.29, 0.717) is 6.54 Å². The zero-order valence-corrected chi connectivity index (χ0v) is 13.6. The summed E-state index contributed by atoms with van der Waals surface area (Å²) in [6.07, 6.45) is 10.2. The third kappa shape index (κ3) is 10.4. The SMILES string of the molecule is C#CCNC(=NC)NCC(CC)CCCC.I. The minimum Gasteiger partial charge on any atom is -0.356 e. The summed E-state index contributed by atoms with van der Waals surface area (Å²) in [4.78, 5) is 4.11. The number of halogens is 1. The molecule has 0 saturated carbocycles. The van der Waals surface area contributed by atoms with Gasteiger partial charge in [0.15, 0.2) is 5.96 Å². The minimum atomic E-state index is 0. The Morgan fingerprint density at radius 3 is 2.53 bits per heavy atom. The lowest BCUT2D eigenvalue weighted by molar-refractivity contribution is 0.444. The maximum Gasteiger partial charge on any atom is 0.191 e. The first-order valence-corrected chi connectivity index (χ1v) is 6.16. The molecule has 2 N–H and O–H groups in total. The van der Waals surface area contributed by atoms with E-state index < -0.39 is 0 Å². The van der Waals surface area contributed by atoms with E-state index in [1.165, 1.54) is 25.7 Å². The standard InChI is InChI=1S/C13H25N3.HI/c1-5-8-9-12(7-3)11-16-13(14-4)15-10-6-2;/h2,12H,5,7-11H2,1,3-4H3,(H2,14,15,16);1H. The van der Waals surface area contributed by atoms with Crippen LogP contribution in [-0.4, -0.2) is 26.1 Å². The van der Waals surface area contributed by atoms with E-state index in [0.717, 1.165) is 18.4 Å². The van der Waals surface area contributed by atoms with Crippen LogP contribution >= 0.6 is 24.0 Å². The number of aliphatic imine (C=N–C) groups is 1. The second kappa shape index (κ2) is 13.6. The highest BCUT2D eigenvalue weighted by Gasteiger charge is 2.06. The molecule has 0 rings (SSSR count). The van der Waals surface area contributed by atoms with Crippen molar-refractivity contribution in [3.8, 4) is 12.3 Å². The van der Waals surface area contributed by atoms with E-state index >= 15 is 0 Å². The van der Waals surface area contributed by atoms with Crippen molar-refractivity contribution in [3.05, 3.63) is 0 Å². The molecule has 0 spiro atoms. The fourth-order valence-electron chi connectivity index (χ4n) is 1.54. The Labute approximate surface area is 123 Å². The molecule has 0 heterocycles. The molecule has 0 bridgehead atoms. The van der Waals surface area contributed by atoms with Crippen molar-refractivity contribution in [2.24, 2.45) is 10.9 Å². The van der Waals surface area contributed by atoms with Crippen LogP contribution in [0.5, 0.6) is 0 Å². The van der Waals surface area contributed by atoms with Crippen LogP contribution in [0.25, 0.3) is 0 Å². The lowest BCUT2D eigenvalue weighted by atomic mass is 9.99. The molecular weight excluding hydrogens is 325 g/mol. The van der Waals surface area contributed by atoms with Crippen molar-refractivity contribution >= 4 is 29.9 Å². The second-order valence-corrected chi connectivity index (χ2v) is 3.93. The molecule has 0 aromatic heterocycles. The van der Waals surface area contributed by atoms with Gasteiger partial charge in [0.1, 0.15) is 0 Å². The Morgan fingerprint density at radius 2 is 2.06 bits per heavy atom. The summed E-state index contributed by atoms with van der Waals surface area (Å²) >= 11 is 0. The molecule has 0 aromatic rings. The summed E-state index contributed by atoms with van der Waals surface area (Å²) in [6, 6.07) is 0. The van der Waals surface area contributed by atoms with Gasteiger partial charge in [-0.2, -0.15) is 0 Å². The van der Waals surface area contributed by atoms with E-state index in [2.05, 4.69) is 35.4 Å². The van der Waals surface area contributed by atoms with E-state index in [1.54, 1.807) is 7.05 Å². The van der Waals surface area contributed by atoms with Crippen LogP contribution in [-0.2, 0) is 0 Å². The van der Waals surface area contributed by atoms with Gasteiger partial charge in [0, 0.05) is 13.6 Å². The fraction of sp³-hybridized carbons (Fsp3) is 0.769. The van der Waals surface area contributed by atoms with Crippen LogP contribution in [0, 0.1) is 18.3 Å². The maximum absolute atomic E-state index is 5.18. The van der Waals surface area contributed by atoms with Crippen LogP contribution in [0.1, 0.15) is 39.5 Å². The van der Waals surface area contributed by atoms with Crippen molar-refractivity contribution in [1.29, 1.82) is 0 Å². The normalized spacial score (nSPS) is 12.2. The van der Waals surface area contributed by atoms with Crippen molar-refractivity contribution < 1.29 is 0 Å². The highest BCUT2D eigenvalue weighted by Crippen LogP contribution is 2.10. The Balaban J connectivity index is 0. The molecule has 0 radical (unpaired) electrons. The van der Waals surface area contributed by atoms with Crippen LogP contribution in [0.15, 0.2) is 4.99 Å². The first kappa shape index (κ1) is 18.9. The zero-order chi connectivity index (χ0) is 12.2. The zero-order valence-electron chi connectivity index (χ0n) is 11.3. The average Bonchev–Trinajstić information content (AvgIpc) is 2.33. The number of nitrogens with zero attached hydrogens (tertiary/aromatic N) is 1. The molecule has 100 valence electrons. The molecular formula is C13H26IN3. The molecule has 0 fully saturated rings. The first-order valence-electron chi connectivity index (χ1n) is 6.16. The third-order valence-corrected chi connectivity index (χ3v) is 2.68. The van der Waals surface area contributed by atoms with Crippen LogP contribution < -0.4 is 10.6 Å². The largest absolute Gasteiger partial charge is 0.356 e. The quantitative estimate of drug-likeness (QED) is 0.320. The van der Waals surface area contributed by atoms with Crippen LogP contribution in [0.4, 0.5) is 0 Å². The van der Waals surface area contributed by atoms with Gasteiger partial charge < -0.3 is 10.6 Å². The lowest BCUT2D eigenvalue weighted by Gasteiger charge is -2.17. The fourth-order valence-corrected chi connectivity index (χ4v) is 1.54. The topological polar surface area (TPSA) is 36.4 Å². The van der Waals surface area contributed by atoms with Gasteiger partial charge in [0.25, 0.3) is 0 Å². The van der Waals surface area contributed by atoms with Gasteiger partial charge in [-0.05, 0) is 12.3 Å². The number of hydrogen-bond donors (Lipinski definition) is 2. The van der Waals surface area contributed by atoms with Gasteiger partial charge in [0.2, 0.25) is 0 Å². The predicted octanol–water partition coefficient (Wildman–Crippen LogP) is 2.62. The highest BCUT2D eigenvalue weighted by atomic mass is 127. The van der Waals surface area contributed by atoms with Crippen molar-refractivity contribution in [2.75, 3.05) is 20.1 Å². The Hall–Kier alpha value is -0.440. The number of guanidine groups is 1. The molecule has 1 unspecified atom stereocenters. The predicted molar refractivity (Wildman–Crippen MR) is 86.9 cm³/mol. The van der Waals surface area contributed by atoms with Gasteiger partial charge in [0.05, 0.1) is 6.54 Å². The minimum absolute atomic E-state index is 0. The summed E-state index contributed by atoms with van der Waals surface area (Å²) in [5, 5.41) is 6.36. The third-order valence-electron chi connectivity index (χ3n) is 2.68. The Bertz CT molecular complexity index is 233. The molecule has 3 nitrogen and oxygen atoms in total. The van der Waals surface area contributed by atoms with E-state index in [4.69, 9.17) is 6.42 Å². The molecule has 4 heteroatoms. The van der Waals surface area contributed by atoms with Gasteiger partial charge in [-0.1, -0.05) is 39.0 Å². The number of terminal acetylenes is 1. The number of nitrogens with one attached hydrogen (secondary N) is 2. The van der Waals surface area contributed by atoms with Gasteiger partial charge in [-0.25, -0.2) is 0 Å². The molecule has 0 amide bonds.